The molecule has 1 N–H and O–H groups in total. The van der Waals surface area contributed by atoms with E-state index in [9.17, 15) is 13.2 Å². The Morgan fingerprint density at radius 3 is 2.73 bits per heavy atom. The van der Waals surface area contributed by atoms with Crippen molar-refractivity contribution in [3.05, 3.63) is 12.3 Å². The lowest BCUT2D eigenvalue weighted by atomic mass is 10.4. The summed E-state index contributed by atoms with van der Waals surface area (Å²) >= 11 is 0. The Kier molecular flexibility index (Phi) is 2.26. The monoisotopic (exact) mass is 229 g/mol. The van der Waals surface area contributed by atoms with Gasteiger partial charge in [0.2, 0.25) is 5.91 Å². The number of rotatable bonds is 3. The molecule has 1 aliphatic carbocycles. The number of amides is 1. The third kappa shape index (κ3) is 2.01. The van der Waals surface area contributed by atoms with Gasteiger partial charge in [-0.05, 0) is 18.9 Å². The number of carbonyl (C=O) groups excluding carboxylic acids is 1. The van der Waals surface area contributed by atoms with Crippen LogP contribution >= 0.6 is 0 Å². The lowest BCUT2D eigenvalue weighted by Gasteiger charge is -2.05. The highest BCUT2D eigenvalue weighted by Crippen LogP contribution is 2.29. The summed E-state index contributed by atoms with van der Waals surface area (Å²) in [5, 5.41) is 3.73. The van der Waals surface area contributed by atoms with Crippen LogP contribution < -0.4 is 4.72 Å². The average Bonchev–Trinajstić information content (AvgIpc) is 2.88. The van der Waals surface area contributed by atoms with Crippen LogP contribution in [0.4, 0.5) is 0 Å². The Bertz CT molecular complexity index is 487. The largest absolute Gasteiger partial charge is 0.281 e. The molecule has 0 aromatic carbocycles. The zero-order chi connectivity index (χ0) is 11.1. The highest BCUT2D eigenvalue weighted by atomic mass is 32.2. The summed E-state index contributed by atoms with van der Waals surface area (Å²) < 4.78 is 26.6. The predicted molar refractivity (Wildman–Crippen MR) is 51.3 cm³/mol. The number of carbonyl (C=O) groups is 1. The minimum absolute atomic E-state index is 0.00324. The van der Waals surface area contributed by atoms with Gasteiger partial charge in [-0.15, -0.1) is 0 Å². The molecule has 1 aromatic heterocycles. The first-order valence-electron chi connectivity index (χ1n) is 4.55. The first-order chi connectivity index (χ1) is 7.00. The van der Waals surface area contributed by atoms with Crippen LogP contribution in [0.2, 0.25) is 0 Å². The number of hydrogen-bond donors (Lipinski definition) is 1. The van der Waals surface area contributed by atoms with E-state index in [0.29, 0.717) is 0 Å². The molecule has 0 atom stereocenters. The molecule has 1 heterocycles. The summed E-state index contributed by atoms with van der Waals surface area (Å²) in [6.07, 6.45) is 2.91. The molecule has 0 radical (unpaired) electrons. The fraction of sp³-hybridized carbons (Fsp3) is 0.500. The number of hydrogen-bond acceptors (Lipinski definition) is 4. The average molecular weight is 229 g/mol. The molecule has 7 heteroatoms. The van der Waals surface area contributed by atoms with Crippen LogP contribution in [-0.4, -0.2) is 24.1 Å². The van der Waals surface area contributed by atoms with Gasteiger partial charge in [0.1, 0.15) is 0 Å². The molecule has 1 fully saturated rings. The molecular formula is C8H11N3O3S. The van der Waals surface area contributed by atoms with Gasteiger partial charge < -0.3 is 0 Å². The molecule has 1 saturated carbocycles. The normalized spacial score (nSPS) is 16.3. The molecule has 15 heavy (non-hydrogen) atoms. The van der Waals surface area contributed by atoms with Crippen LogP contribution in [0.25, 0.3) is 0 Å². The number of sulfonamides is 1. The fourth-order valence-electron chi connectivity index (χ4n) is 1.24. The second kappa shape index (κ2) is 3.34. The van der Waals surface area contributed by atoms with Crippen LogP contribution in [0, 0.1) is 5.92 Å². The highest BCUT2D eigenvalue weighted by molar-refractivity contribution is 7.90. The number of aryl methyl sites for hydroxylation is 1. The standard InChI is InChI=1S/C8H11N3O3S/c1-11-7(4-5-9-11)15(13,14)10-8(12)6-2-3-6/h4-6H,2-3H2,1H3,(H,10,12). The second-order valence-electron chi connectivity index (χ2n) is 3.54. The minimum Gasteiger partial charge on any atom is -0.274 e. The van der Waals surface area contributed by atoms with Gasteiger partial charge in [0.15, 0.2) is 5.03 Å². The summed E-state index contributed by atoms with van der Waals surface area (Å²) in [5.41, 5.74) is 0. The molecule has 0 unspecified atom stereocenters. The zero-order valence-corrected chi connectivity index (χ0v) is 8.99. The van der Waals surface area contributed by atoms with Crippen LogP contribution in [0.1, 0.15) is 12.8 Å². The third-order valence-electron chi connectivity index (χ3n) is 2.23. The maximum atomic E-state index is 11.7. The van der Waals surface area contributed by atoms with Crippen LogP contribution in [0.3, 0.4) is 0 Å². The molecular weight excluding hydrogens is 218 g/mol. The highest BCUT2D eigenvalue weighted by Gasteiger charge is 2.33. The Hall–Kier alpha value is -1.37. The molecule has 1 amide bonds. The summed E-state index contributed by atoms with van der Waals surface area (Å²) in [4.78, 5) is 11.3. The Morgan fingerprint density at radius 1 is 1.60 bits per heavy atom. The first-order valence-corrected chi connectivity index (χ1v) is 6.04. The Morgan fingerprint density at radius 2 is 2.27 bits per heavy atom. The molecule has 0 spiro atoms. The molecule has 1 aliphatic rings. The Labute approximate surface area is 87.3 Å². The van der Waals surface area contributed by atoms with Crippen molar-refractivity contribution in [2.45, 2.75) is 17.9 Å². The topological polar surface area (TPSA) is 81.1 Å². The van der Waals surface area contributed by atoms with E-state index in [1.165, 1.54) is 24.0 Å². The van der Waals surface area contributed by atoms with Crippen molar-refractivity contribution in [1.29, 1.82) is 0 Å². The van der Waals surface area contributed by atoms with E-state index in [0.717, 1.165) is 12.8 Å². The number of nitrogens with zero attached hydrogens (tertiary/aromatic N) is 2. The molecule has 82 valence electrons. The van der Waals surface area contributed by atoms with Crippen LogP contribution in [-0.2, 0) is 21.9 Å². The van der Waals surface area contributed by atoms with Crippen molar-refractivity contribution in [2.24, 2.45) is 13.0 Å². The quantitative estimate of drug-likeness (QED) is 0.767. The van der Waals surface area contributed by atoms with Gasteiger partial charge in [0.25, 0.3) is 10.0 Å². The lowest BCUT2D eigenvalue weighted by Crippen LogP contribution is -2.32. The van der Waals surface area contributed by atoms with Crippen molar-refractivity contribution in [1.82, 2.24) is 14.5 Å². The van der Waals surface area contributed by atoms with Gasteiger partial charge in [0.05, 0.1) is 6.20 Å². The zero-order valence-electron chi connectivity index (χ0n) is 8.17. The maximum absolute atomic E-state index is 11.7. The van der Waals surface area contributed by atoms with Crippen LogP contribution in [0.15, 0.2) is 17.3 Å². The summed E-state index contributed by atoms with van der Waals surface area (Å²) in [6.45, 7) is 0. The molecule has 0 saturated heterocycles. The van der Waals surface area contributed by atoms with E-state index in [-0.39, 0.29) is 10.9 Å². The van der Waals surface area contributed by atoms with E-state index in [1.54, 1.807) is 0 Å². The smallest absolute Gasteiger partial charge is 0.274 e. The number of aromatic nitrogens is 2. The van der Waals surface area contributed by atoms with Crippen molar-refractivity contribution in [3.63, 3.8) is 0 Å². The van der Waals surface area contributed by atoms with Crippen molar-refractivity contribution >= 4 is 15.9 Å². The van der Waals surface area contributed by atoms with Crippen molar-refractivity contribution in [2.75, 3.05) is 0 Å². The maximum Gasteiger partial charge on any atom is 0.281 e. The minimum atomic E-state index is -3.75. The van der Waals surface area contributed by atoms with E-state index < -0.39 is 15.9 Å². The van der Waals surface area contributed by atoms with E-state index in [4.69, 9.17) is 0 Å². The van der Waals surface area contributed by atoms with Gasteiger partial charge >= 0.3 is 0 Å². The van der Waals surface area contributed by atoms with Gasteiger partial charge in [-0.25, -0.2) is 4.72 Å². The van der Waals surface area contributed by atoms with Gasteiger partial charge in [-0.3, -0.25) is 9.48 Å². The molecule has 6 nitrogen and oxygen atoms in total. The predicted octanol–water partition coefficient (Wildman–Crippen LogP) is -0.365. The van der Waals surface area contributed by atoms with E-state index in [2.05, 4.69) is 5.10 Å². The van der Waals surface area contributed by atoms with E-state index in [1.807, 2.05) is 4.72 Å². The number of nitrogens with one attached hydrogen (secondary N) is 1. The third-order valence-corrected chi connectivity index (χ3v) is 3.66. The van der Waals surface area contributed by atoms with Gasteiger partial charge in [-0.1, -0.05) is 0 Å². The SMILES string of the molecule is Cn1nccc1S(=O)(=O)NC(=O)C1CC1. The van der Waals surface area contributed by atoms with Crippen molar-refractivity contribution in [3.8, 4) is 0 Å². The van der Waals surface area contributed by atoms with E-state index >= 15 is 0 Å². The summed E-state index contributed by atoms with van der Waals surface area (Å²) in [6, 6.07) is 1.35. The molecule has 0 aliphatic heterocycles. The molecule has 0 bridgehead atoms. The summed E-state index contributed by atoms with van der Waals surface area (Å²) in [7, 11) is -2.24. The second-order valence-corrected chi connectivity index (χ2v) is 5.17. The van der Waals surface area contributed by atoms with Crippen molar-refractivity contribution < 1.29 is 13.2 Å². The Balaban J connectivity index is 2.20. The first kappa shape index (κ1) is 10.2. The molecule has 2 rings (SSSR count). The summed E-state index contributed by atoms with van der Waals surface area (Å²) in [5.74, 6) is -0.552. The van der Waals surface area contributed by atoms with Gasteiger partial charge in [0, 0.05) is 13.0 Å². The fourth-order valence-corrected chi connectivity index (χ4v) is 2.41. The van der Waals surface area contributed by atoms with Crippen LogP contribution in [0.5, 0.6) is 0 Å². The van der Waals surface area contributed by atoms with Gasteiger partial charge in [-0.2, -0.15) is 13.5 Å². The lowest BCUT2D eigenvalue weighted by molar-refractivity contribution is -0.120. The molecule has 1 aromatic rings.